The Hall–Kier alpha value is -2.06. The van der Waals surface area contributed by atoms with Crippen molar-refractivity contribution in [2.45, 2.75) is 25.2 Å². The zero-order chi connectivity index (χ0) is 15.7. The van der Waals surface area contributed by atoms with Crippen LogP contribution in [0.25, 0.3) is 0 Å². The summed E-state index contributed by atoms with van der Waals surface area (Å²) in [6, 6.07) is 4.52. The molecule has 0 spiro atoms. The van der Waals surface area contributed by atoms with Gasteiger partial charge in [-0.15, -0.1) is 0 Å². The lowest BCUT2D eigenvalue weighted by molar-refractivity contribution is 0.174. The number of ether oxygens (including phenoxy) is 2. The molecular weight excluding hydrogens is 308 g/mol. The predicted octanol–water partition coefficient (Wildman–Crippen LogP) is 1.54. The lowest BCUT2D eigenvalue weighted by Crippen LogP contribution is -2.26. The number of hydrogen-bond donors (Lipinski definition) is 1. The molecule has 0 bridgehead atoms. The van der Waals surface area contributed by atoms with Gasteiger partial charge in [0.2, 0.25) is 16.8 Å². The quantitative estimate of drug-likeness (QED) is 0.897. The summed E-state index contributed by atoms with van der Waals surface area (Å²) in [7, 11) is -3.61. The normalized spacial score (nSPS) is 13.5. The topological polar surface area (TPSA) is 90.7 Å². The van der Waals surface area contributed by atoms with Crippen LogP contribution in [0.1, 0.15) is 17.3 Å². The molecule has 0 saturated heterocycles. The fourth-order valence-corrected chi connectivity index (χ4v) is 3.28. The first kappa shape index (κ1) is 14.9. The Morgan fingerprint density at radius 1 is 1.23 bits per heavy atom. The van der Waals surface area contributed by atoms with E-state index in [9.17, 15) is 8.42 Å². The largest absolute Gasteiger partial charge is 0.454 e. The zero-order valence-electron chi connectivity index (χ0n) is 12.3. The number of aromatic nitrogens is 1. The molecule has 1 N–H and O–H groups in total. The van der Waals surface area contributed by atoms with E-state index in [0.717, 1.165) is 5.69 Å². The van der Waals surface area contributed by atoms with Crippen molar-refractivity contribution in [1.29, 1.82) is 0 Å². The van der Waals surface area contributed by atoms with Crippen molar-refractivity contribution in [3.63, 3.8) is 0 Å². The van der Waals surface area contributed by atoms with E-state index < -0.39 is 10.0 Å². The summed E-state index contributed by atoms with van der Waals surface area (Å²) in [4.78, 5) is 4.29. The molecule has 1 aromatic carbocycles. The molecule has 1 aliphatic heterocycles. The third kappa shape index (κ3) is 2.93. The van der Waals surface area contributed by atoms with Crippen molar-refractivity contribution in [3.8, 4) is 11.5 Å². The number of sulfonamides is 1. The molecule has 3 rings (SSSR count). The first-order valence-electron chi connectivity index (χ1n) is 6.78. The Balaban J connectivity index is 1.67. The first-order valence-corrected chi connectivity index (χ1v) is 8.26. The lowest BCUT2D eigenvalue weighted by Gasteiger charge is -2.07. The van der Waals surface area contributed by atoms with Gasteiger partial charge in [0, 0.05) is 26.0 Å². The standard InChI is InChI=1S/C14H16N2O5S/c1-9-12(21-10(2)16-9)5-6-15-22(17,18)11-3-4-13-14(7-11)20-8-19-13/h3-4,7,15H,5-6,8H2,1-2H3. The average Bonchev–Trinajstić information content (AvgIpc) is 3.04. The number of benzene rings is 1. The third-order valence-corrected chi connectivity index (χ3v) is 4.76. The number of hydrogen-bond acceptors (Lipinski definition) is 6. The number of aryl methyl sites for hydroxylation is 2. The minimum absolute atomic E-state index is 0.108. The Morgan fingerprint density at radius 3 is 2.73 bits per heavy atom. The van der Waals surface area contributed by atoms with Crippen LogP contribution in [0.3, 0.4) is 0 Å². The molecule has 0 saturated carbocycles. The minimum Gasteiger partial charge on any atom is -0.454 e. The van der Waals surface area contributed by atoms with Crippen LogP contribution in [0.2, 0.25) is 0 Å². The Morgan fingerprint density at radius 2 is 2.00 bits per heavy atom. The Kier molecular flexibility index (Phi) is 3.79. The molecule has 0 unspecified atom stereocenters. The van der Waals surface area contributed by atoms with Gasteiger partial charge >= 0.3 is 0 Å². The summed E-state index contributed by atoms with van der Waals surface area (Å²) in [6.07, 6.45) is 0.441. The molecule has 2 aromatic rings. The van der Waals surface area contributed by atoms with Gasteiger partial charge < -0.3 is 13.9 Å². The summed E-state index contributed by atoms with van der Waals surface area (Å²) < 4.78 is 42.8. The molecule has 8 heteroatoms. The van der Waals surface area contributed by atoms with Gasteiger partial charge in [0.25, 0.3) is 0 Å². The highest BCUT2D eigenvalue weighted by Gasteiger charge is 2.20. The maximum Gasteiger partial charge on any atom is 0.240 e. The lowest BCUT2D eigenvalue weighted by atomic mass is 10.3. The van der Waals surface area contributed by atoms with Gasteiger partial charge in [-0.1, -0.05) is 0 Å². The van der Waals surface area contributed by atoms with Crippen LogP contribution in [-0.4, -0.2) is 26.7 Å². The summed E-state index contributed by atoms with van der Waals surface area (Å²) >= 11 is 0. The van der Waals surface area contributed by atoms with Crippen LogP contribution in [0.15, 0.2) is 27.5 Å². The summed E-state index contributed by atoms with van der Waals surface area (Å²) in [5.74, 6) is 2.24. The van der Waals surface area contributed by atoms with E-state index in [1.807, 2.05) is 6.92 Å². The van der Waals surface area contributed by atoms with E-state index in [4.69, 9.17) is 13.9 Å². The average molecular weight is 324 g/mol. The molecule has 2 heterocycles. The molecule has 1 aliphatic rings. The second kappa shape index (κ2) is 5.62. The number of oxazole rings is 1. The van der Waals surface area contributed by atoms with Crippen molar-refractivity contribution in [3.05, 3.63) is 35.5 Å². The number of nitrogens with zero attached hydrogens (tertiary/aromatic N) is 1. The first-order chi connectivity index (χ1) is 10.5. The summed E-state index contributed by atoms with van der Waals surface area (Å²) in [5, 5.41) is 0. The monoisotopic (exact) mass is 324 g/mol. The van der Waals surface area contributed by atoms with Crippen molar-refractivity contribution < 1.29 is 22.3 Å². The van der Waals surface area contributed by atoms with Crippen molar-refractivity contribution >= 4 is 10.0 Å². The van der Waals surface area contributed by atoms with Gasteiger partial charge in [0.1, 0.15) is 5.76 Å². The predicted molar refractivity (Wildman–Crippen MR) is 77.4 cm³/mol. The molecule has 7 nitrogen and oxygen atoms in total. The van der Waals surface area contributed by atoms with Gasteiger partial charge in [0.15, 0.2) is 17.4 Å². The number of nitrogens with one attached hydrogen (secondary N) is 1. The van der Waals surface area contributed by atoms with E-state index in [0.29, 0.717) is 29.6 Å². The van der Waals surface area contributed by atoms with E-state index >= 15 is 0 Å². The van der Waals surface area contributed by atoms with Gasteiger partial charge in [-0.25, -0.2) is 18.1 Å². The van der Waals surface area contributed by atoms with Crippen LogP contribution in [0.5, 0.6) is 11.5 Å². The summed E-state index contributed by atoms with van der Waals surface area (Å²) in [5.41, 5.74) is 0.778. The molecule has 0 fully saturated rings. The van der Waals surface area contributed by atoms with E-state index in [1.165, 1.54) is 12.1 Å². The molecule has 0 radical (unpaired) electrons. The maximum atomic E-state index is 12.3. The van der Waals surface area contributed by atoms with Gasteiger partial charge in [0.05, 0.1) is 10.6 Å². The van der Waals surface area contributed by atoms with Crippen molar-refractivity contribution in [2.24, 2.45) is 0 Å². The zero-order valence-corrected chi connectivity index (χ0v) is 13.1. The summed E-state index contributed by atoms with van der Waals surface area (Å²) in [6.45, 7) is 3.92. The second-order valence-corrected chi connectivity index (χ2v) is 6.67. The smallest absolute Gasteiger partial charge is 0.240 e. The molecule has 0 amide bonds. The van der Waals surface area contributed by atoms with Crippen molar-refractivity contribution in [2.75, 3.05) is 13.3 Å². The fourth-order valence-electron chi connectivity index (χ4n) is 2.23. The van der Waals surface area contributed by atoms with Crippen LogP contribution >= 0.6 is 0 Å². The van der Waals surface area contributed by atoms with Crippen LogP contribution in [-0.2, 0) is 16.4 Å². The molecule has 1 aromatic heterocycles. The highest BCUT2D eigenvalue weighted by Crippen LogP contribution is 2.33. The minimum atomic E-state index is -3.61. The Bertz CT molecular complexity index is 798. The third-order valence-electron chi connectivity index (χ3n) is 3.30. The van der Waals surface area contributed by atoms with Gasteiger partial charge in [-0.3, -0.25) is 0 Å². The van der Waals surface area contributed by atoms with Crippen molar-refractivity contribution in [1.82, 2.24) is 9.71 Å². The Labute approximate surface area is 128 Å². The molecule has 0 aliphatic carbocycles. The highest BCUT2D eigenvalue weighted by atomic mass is 32.2. The van der Waals surface area contributed by atoms with Gasteiger partial charge in [-0.05, 0) is 19.1 Å². The van der Waals surface area contributed by atoms with Crippen LogP contribution in [0, 0.1) is 13.8 Å². The molecule has 0 atom stereocenters. The second-order valence-electron chi connectivity index (χ2n) is 4.90. The maximum absolute atomic E-state index is 12.3. The van der Waals surface area contributed by atoms with Crippen LogP contribution < -0.4 is 14.2 Å². The van der Waals surface area contributed by atoms with E-state index in [1.54, 1.807) is 13.0 Å². The SMILES string of the molecule is Cc1nc(C)c(CCNS(=O)(=O)c2ccc3c(c2)OCO3)o1. The van der Waals surface area contributed by atoms with Gasteiger partial charge in [-0.2, -0.15) is 0 Å². The highest BCUT2D eigenvalue weighted by molar-refractivity contribution is 7.89. The fraction of sp³-hybridized carbons (Fsp3) is 0.357. The molecular formula is C14H16N2O5S. The van der Waals surface area contributed by atoms with E-state index in [-0.39, 0.29) is 18.2 Å². The van der Waals surface area contributed by atoms with Crippen LogP contribution in [0.4, 0.5) is 0 Å². The number of fused-ring (bicyclic) bond motifs is 1. The van der Waals surface area contributed by atoms with E-state index in [2.05, 4.69) is 9.71 Å². The molecule has 22 heavy (non-hydrogen) atoms. The molecule has 118 valence electrons. The number of rotatable bonds is 5.